The average Bonchev–Trinajstić information content (AvgIpc) is 2.19. The zero-order valence-corrected chi connectivity index (χ0v) is 8.48. The Hall–Kier alpha value is -0.280. The summed E-state index contributed by atoms with van der Waals surface area (Å²) in [5, 5.41) is 2.80. The predicted molar refractivity (Wildman–Crippen MR) is 51.9 cm³/mol. The van der Waals surface area contributed by atoms with Crippen LogP contribution in [0.15, 0.2) is 0 Å². The summed E-state index contributed by atoms with van der Waals surface area (Å²) in [5.41, 5.74) is 0. The van der Waals surface area contributed by atoms with Gasteiger partial charge in [-0.1, -0.05) is 0 Å². The van der Waals surface area contributed by atoms with Crippen LogP contribution < -0.4 is 5.32 Å². The van der Waals surface area contributed by atoms with Gasteiger partial charge in [-0.25, -0.2) is 0 Å². The van der Waals surface area contributed by atoms with Crippen LogP contribution in [0.3, 0.4) is 0 Å². The number of hydrogen-bond donors (Lipinski definition) is 1. The maximum absolute atomic E-state index is 11.4. The Morgan fingerprint density at radius 1 is 1.54 bits per heavy atom. The summed E-state index contributed by atoms with van der Waals surface area (Å²) in [5.74, 6) is 0.607. The summed E-state index contributed by atoms with van der Waals surface area (Å²) < 4.78 is 5.33. The van der Waals surface area contributed by atoms with E-state index in [0.717, 1.165) is 25.7 Å². The molecule has 1 atom stereocenters. The van der Waals surface area contributed by atoms with Gasteiger partial charge in [0.05, 0.1) is 0 Å². The number of rotatable bonds is 4. The lowest BCUT2D eigenvalue weighted by atomic mass is 10.1. The molecule has 1 N–H and O–H groups in total. The van der Waals surface area contributed by atoms with Gasteiger partial charge in [0.2, 0.25) is 5.91 Å². The van der Waals surface area contributed by atoms with Crippen molar-refractivity contribution >= 4 is 17.5 Å². The summed E-state index contributed by atoms with van der Waals surface area (Å²) in [4.78, 5) is 11.4. The van der Waals surface area contributed by atoms with E-state index >= 15 is 0 Å². The van der Waals surface area contributed by atoms with E-state index in [9.17, 15) is 4.79 Å². The third-order valence-corrected chi connectivity index (χ3v) is 2.35. The van der Waals surface area contributed by atoms with E-state index in [1.807, 2.05) is 0 Å². The van der Waals surface area contributed by atoms with Crippen LogP contribution in [0.25, 0.3) is 0 Å². The van der Waals surface area contributed by atoms with Crippen molar-refractivity contribution in [3.8, 4) is 0 Å². The van der Waals surface area contributed by atoms with Crippen molar-refractivity contribution < 1.29 is 9.53 Å². The largest absolute Gasteiger partial charge is 0.368 e. The second-order valence-corrected chi connectivity index (χ2v) is 3.57. The lowest BCUT2D eigenvalue weighted by Gasteiger charge is -2.21. The quantitative estimate of drug-likeness (QED) is 0.555. The zero-order chi connectivity index (χ0) is 9.52. The van der Waals surface area contributed by atoms with Crippen molar-refractivity contribution in [2.45, 2.75) is 31.8 Å². The minimum Gasteiger partial charge on any atom is -0.368 e. The highest BCUT2D eigenvalue weighted by Crippen LogP contribution is 2.12. The normalized spacial score (nSPS) is 22.7. The highest BCUT2D eigenvalue weighted by molar-refractivity contribution is 6.17. The van der Waals surface area contributed by atoms with Gasteiger partial charge in [-0.3, -0.25) is 4.79 Å². The molecule has 0 spiro atoms. The van der Waals surface area contributed by atoms with Crippen LogP contribution in [-0.4, -0.2) is 31.0 Å². The molecular weight excluding hydrogens is 190 g/mol. The molecule has 0 saturated carbocycles. The van der Waals surface area contributed by atoms with Crippen LogP contribution >= 0.6 is 11.6 Å². The number of halogens is 1. The zero-order valence-electron chi connectivity index (χ0n) is 7.72. The van der Waals surface area contributed by atoms with Crippen molar-refractivity contribution in [3.05, 3.63) is 0 Å². The first-order valence-corrected chi connectivity index (χ1v) is 5.33. The number of nitrogens with one attached hydrogen (secondary N) is 1. The van der Waals surface area contributed by atoms with E-state index in [1.165, 1.54) is 0 Å². The molecule has 0 bridgehead atoms. The Labute approximate surface area is 83.8 Å². The van der Waals surface area contributed by atoms with E-state index in [1.54, 1.807) is 0 Å². The molecule has 0 aromatic carbocycles. The molecule has 0 aliphatic carbocycles. The molecule has 13 heavy (non-hydrogen) atoms. The Balaban J connectivity index is 2.13. The lowest BCUT2D eigenvalue weighted by molar-refractivity contribution is -0.135. The first-order valence-electron chi connectivity index (χ1n) is 4.80. The smallest absolute Gasteiger partial charge is 0.249 e. The minimum absolute atomic E-state index is 0.0183. The van der Waals surface area contributed by atoms with Crippen molar-refractivity contribution in [2.24, 2.45) is 0 Å². The van der Waals surface area contributed by atoms with Gasteiger partial charge in [0, 0.05) is 19.0 Å². The molecule has 1 aliphatic heterocycles. The Morgan fingerprint density at radius 3 is 3.00 bits per heavy atom. The molecule has 4 heteroatoms. The maximum atomic E-state index is 11.4. The fourth-order valence-electron chi connectivity index (χ4n) is 1.34. The van der Waals surface area contributed by atoms with Gasteiger partial charge >= 0.3 is 0 Å². The summed E-state index contributed by atoms with van der Waals surface area (Å²) in [6.07, 6.45) is 3.62. The van der Waals surface area contributed by atoms with Gasteiger partial charge in [-0.2, -0.15) is 0 Å². The summed E-state index contributed by atoms with van der Waals surface area (Å²) in [7, 11) is 0. The molecule has 76 valence electrons. The minimum atomic E-state index is -0.218. The fraction of sp³-hybridized carbons (Fsp3) is 0.889. The SMILES string of the molecule is O=C(NCCCCl)C1CCCCO1. The van der Waals surface area contributed by atoms with Crippen molar-refractivity contribution in [1.82, 2.24) is 5.32 Å². The number of carbonyl (C=O) groups is 1. The summed E-state index contributed by atoms with van der Waals surface area (Å²) >= 11 is 5.49. The third-order valence-electron chi connectivity index (χ3n) is 2.08. The molecule has 1 amide bonds. The van der Waals surface area contributed by atoms with Crippen LogP contribution in [0.5, 0.6) is 0 Å². The Bertz CT molecular complexity index is 158. The van der Waals surface area contributed by atoms with Gasteiger partial charge < -0.3 is 10.1 Å². The molecule has 0 aromatic rings. The molecule has 1 rings (SSSR count). The molecule has 3 nitrogen and oxygen atoms in total. The Morgan fingerprint density at radius 2 is 2.38 bits per heavy atom. The highest BCUT2D eigenvalue weighted by Gasteiger charge is 2.20. The molecular formula is C9H16ClNO2. The molecule has 1 unspecified atom stereocenters. The summed E-state index contributed by atoms with van der Waals surface area (Å²) in [6, 6.07) is 0. The van der Waals surface area contributed by atoms with Crippen molar-refractivity contribution in [3.63, 3.8) is 0 Å². The van der Waals surface area contributed by atoms with E-state index in [-0.39, 0.29) is 12.0 Å². The van der Waals surface area contributed by atoms with Crippen LogP contribution in [0, 0.1) is 0 Å². The van der Waals surface area contributed by atoms with Gasteiger partial charge in [0.1, 0.15) is 6.10 Å². The standard InChI is InChI=1S/C9H16ClNO2/c10-5-3-6-11-9(12)8-4-1-2-7-13-8/h8H,1-7H2,(H,11,12). The van der Waals surface area contributed by atoms with Gasteiger partial charge in [0.25, 0.3) is 0 Å². The van der Waals surface area contributed by atoms with Crippen LogP contribution in [0.2, 0.25) is 0 Å². The van der Waals surface area contributed by atoms with E-state index < -0.39 is 0 Å². The monoisotopic (exact) mass is 205 g/mol. The number of ether oxygens (including phenoxy) is 1. The van der Waals surface area contributed by atoms with Crippen LogP contribution in [0.1, 0.15) is 25.7 Å². The third kappa shape index (κ3) is 3.96. The highest BCUT2D eigenvalue weighted by atomic mass is 35.5. The lowest BCUT2D eigenvalue weighted by Crippen LogP contribution is -2.38. The van der Waals surface area contributed by atoms with Crippen LogP contribution in [-0.2, 0) is 9.53 Å². The topological polar surface area (TPSA) is 38.3 Å². The van der Waals surface area contributed by atoms with Crippen molar-refractivity contribution in [1.29, 1.82) is 0 Å². The predicted octanol–water partition coefficient (Wildman–Crippen LogP) is 1.30. The van der Waals surface area contributed by atoms with Crippen LogP contribution in [0.4, 0.5) is 0 Å². The van der Waals surface area contributed by atoms with Crippen molar-refractivity contribution in [2.75, 3.05) is 19.0 Å². The van der Waals surface area contributed by atoms with E-state index in [4.69, 9.17) is 16.3 Å². The molecule has 0 radical (unpaired) electrons. The molecule has 1 saturated heterocycles. The Kier molecular flexibility index (Phi) is 5.16. The first kappa shape index (κ1) is 10.8. The molecule has 1 heterocycles. The first-order chi connectivity index (χ1) is 6.34. The molecule has 1 aliphatic rings. The van der Waals surface area contributed by atoms with Gasteiger partial charge in [0.15, 0.2) is 0 Å². The second kappa shape index (κ2) is 6.22. The van der Waals surface area contributed by atoms with E-state index in [2.05, 4.69) is 5.32 Å². The maximum Gasteiger partial charge on any atom is 0.249 e. The fourth-order valence-corrected chi connectivity index (χ4v) is 1.47. The summed E-state index contributed by atoms with van der Waals surface area (Å²) in [6.45, 7) is 1.37. The van der Waals surface area contributed by atoms with E-state index in [0.29, 0.717) is 19.0 Å². The molecule has 0 aromatic heterocycles. The number of amides is 1. The van der Waals surface area contributed by atoms with Gasteiger partial charge in [-0.15, -0.1) is 11.6 Å². The second-order valence-electron chi connectivity index (χ2n) is 3.19. The number of alkyl halides is 1. The van der Waals surface area contributed by atoms with Gasteiger partial charge in [-0.05, 0) is 25.7 Å². The average molecular weight is 206 g/mol. The molecule has 1 fully saturated rings. The number of hydrogen-bond acceptors (Lipinski definition) is 2. The number of carbonyl (C=O) groups excluding carboxylic acids is 1.